The van der Waals surface area contributed by atoms with Gasteiger partial charge in [-0.25, -0.2) is 0 Å². The Hall–Kier alpha value is -2.83. The zero-order valence-corrected chi connectivity index (χ0v) is 11.3. The summed E-state index contributed by atoms with van der Waals surface area (Å²) in [4.78, 5) is 7.28. The van der Waals surface area contributed by atoms with Crippen LogP contribution in [0.1, 0.15) is 11.1 Å². The van der Waals surface area contributed by atoms with Crippen LogP contribution in [-0.4, -0.2) is 11.9 Å². The minimum Gasteiger partial charge on any atom is -0.427 e. The van der Waals surface area contributed by atoms with Crippen LogP contribution in [0.3, 0.4) is 0 Å². The first kappa shape index (κ1) is 13.2. The van der Waals surface area contributed by atoms with Crippen LogP contribution in [0.5, 0.6) is 11.6 Å². The number of hydrogen-bond donors (Lipinski definition) is 0. The minimum absolute atomic E-state index is 0.0901. The fourth-order valence-corrected chi connectivity index (χ4v) is 2.24. The number of hydrogen-bond acceptors (Lipinski definition) is 4. The van der Waals surface area contributed by atoms with Crippen molar-refractivity contribution in [3.8, 4) is 17.7 Å². The summed E-state index contributed by atoms with van der Waals surface area (Å²) in [5, 5.41) is 9.08. The quantitative estimate of drug-likeness (QED) is 0.624. The van der Waals surface area contributed by atoms with Gasteiger partial charge in [0.15, 0.2) is 0 Å². The van der Waals surface area contributed by atoms with Crippen molar-refractivity contribution in [1.82, 2.24) is 4.98 Å². The summed E-state index contributed by atoms with van der Waals surface area (Å²) in [6.45, 7) is 9.62. The Balaban J connectivity index is 1.94. The summed E-state index contributed by atoms with van der Waals surface area (Å²) in [6.07, 6.45) is 0. The van der Waals surface area contributed by atoms with E-state index in [9.17, 15) is 0 Å². The van der Waals surface area contributed by atoms with Gasteiger partial charge in [-0.3, -0.25) is 0 Å². The van der Waals surface area contributed by atoms with Gasteiger partial charge < -0.3 is 14.2 Å². The molecule has 2 heterocycles. The maximum Gasteiger partial charge on any atom is 0.332 e. The molecule has 6 heteroatoms. The first-order valence-corrected chi connectivity index (χ1v) is 6.42. The van der Waals surface area contributed by atoms with E-state index in [1.807, 2.05) is 31.1 Å². The molecule has 2 aromatic rings. The van der Waals surface area contributed by atoms with Gasteiger partial charge in [0.25, 0.3) is 5.82 Å². The molecular weight excluding hydrogens is 265 g/mol. The molecule has 1 aliphatic rings. The SMILES string of the molecule is [C-]#[N+]c1ccc(C#N)c(Oc2ccc3c(c2)COB3C)n1. The molecule has 1 aromatic heterocycles. The Morgan fingerprint density at radius 2 is 2.29 bits per heavy atom. The topological polar surface area (TPSA) is 59.5 Å². The van der Waals surface area contributed by atoms with E-state index < -0.39 is 0 Å². The van der Waals surface area contributed by atoms with Gasteiger partial charge >= 0.3 is 12.8 Å². The number of nitriles is 1. The lowest BCUT2D eigenvalue weighted by Gasteiger charge is -2.06. The van der Waals surface area contributed by atoms with Gasteiger partial charge in [-0.05, 0) is 35.3 Å². The smallest absolute Gasteiger partial charge is 0.332 e. The summed E-state index contributed by atoms with van der Waals surface area (Å²) in [5.41, 5.74) is 2.51. The van der Waals surface area contributed by atoms with Crippen molar-refractivity contribution >= 4 is 18.2 Å². The lowest BCUT2D eigenvalue weighted by molar-refractivity contribution is 0.333. The van der Waals surface area contributed by atoms with Crippen LogP contribution in [-0.2, 0) is 11.3 Å². The Bertz CT molecular complexity index is 792. The molecule has 0 N–H and O–H groups in total. The van der Waals surface area contributed by atoms with Crippen LogP contribution in [0.2, 0.25) is 6.82 Å². The number of nitrogens with zero attached hydrogens (tertiary/aromatic N) is 3. The predicted molar refractivity (Wildman–Crippen MR) is 77.8 cm³/mol. The molecular formula is C15H10BN3O2. The van der Waals surface area contributed by atoms with E-state index in [-0.39, 0.29) is 18.6 Å². The largest absolute Gasteiger partial charge is 0.427 e. The Morgan fingerprint density at radius 1 is 1.43 bits per heavy atom. The van der Waals surface area contributed by atoms with E-state index in [4.69, 9.17) is 21.2 Å². The molecule has 1 aliphatic heterocycles. The molecule has 0 spiro atoms. The third-order valence-corrected chi connectivity index (χ3v) is 3.34. The maximum atomic E-state index is 9.08. The van der Waals surface area contributed by atoms with Gasteiger partial charge in [0.05, 0.1) is 6.61 Å². The monoisotopic (exact) mass is 275 g/mol. The Morgan fingerprint density at radius 3 is 3.05 bits per heavy atom. The van der Waals surface area contributed by atoms with E-state index in [1.165, 1.54) is 12.1 Å². The molecule has 5 nitrogen and oxygen atoms in total. The Labute approximate surface area is 122 Å². The molecule has 0 radical (unpaired) electrons. The number of fused-ring (bicyclic) bond motifs is 1. The van der Waals surface area contributed by atoms with Crippen molar-refractivity contribution < 1.29 is 9.39 Å². The van der Waals surface area contributed by atoms with Crippen LogP contribution in [0.4, 0.5) is 5.82 Å². The second kappa shape index (κ2) is 5.28. The highest BCUT2D eigenvalue weighted by Gasteiger charge is 2.24. The summed E-state index contributed by atoms with van der Waals surface area (Å²) in [5.74, 6) is 0.928. The Kier molecular flexibility index (Phi) is 3.31. The molecule has 0 fully saturated rings. The summed E-state index contributed by atoms with van der Waals surface area (Å²) < 4.78 is 11.2. The fraction of sp³-hybridized carbons (Fsp3) is 0.133. The highest BCUT2D eigenvalue weighted by atomic mass is 16.5. The molecule has 0 amide bonds. The fourth-order valence-electron chi connectivity index (χ4n) is 2.24. The van der Waals surface area contributed by atoms with Gasteiger partial charge in [0, 0.05) is 0 Å². The van der Waals surface area contributed by atoms with E-state index >= 15 is 0 Å². The standard InChI is InChI=1S/C15H10BN3O2/c1-16-13-5-4-12(7-11(13)9-20-16)21-15-10(8-17)3-6-14(18-2)19-15/h3-7H,9H2,1H3. The number of aromatic nitrogens is 1. The first-order chi connectivity index (χ1) is 10.2. The minimum atomic E-state index is 0.0901. The second-order valence-corrected chi connectivity index (χ2v) is 4.66. The van der Waals surface area contributed by atoms with E-state index in [0.29, 0.717) is 17.9 Å². The first-order valence-electron chi connectivity index (χ1n) is 6.42. The summed E-state index contributed by atoms with van der Waals surface area (Å²) in [6, 6.07) is 10.7. The van der Waals surface area contributed by atoms with Gasteiger partial charge in [-0.1, -0.05) is 24.4 Å². The van der Waals surface area contributed by atoms with Crippen LogP contribution in [0.15, 0.2) is 30.3 Å². The predicted octanol–water partition coefficient (Wildman–Crippen LogP) is 2.65. The highest BCUT2D eigenvalue weighted by Crippen LogP contribution is 2.27. The average Bonchev–Trinajstić information content (AvgIpc) is 2.88. The van der Waals surface area contributed by atoms with Crippen molar-refractivity contribution in [1.29, 1.82) is 5.26 Å². The van der Waals surface area contributed by atoms with E-state index in [1.54, 1.807) is 0 Å². The lowest BCUT2D eigenvalue weighted by Crippen LogP contribution is -2.23. The van der Waals surface area contributed by atoms with Gasteiger partial charge in [-0.2, -0.15) is 5.26 Å². The zero-order valence-electron chi connectivity index (χ0n) is 11.3. The summed E-state index contributed by atoms with van der Waals surface area (Å²) in [7, 11) is 0. The van der Waals surface area contributed by atoms with Gasteiger partial charge in [0.1, 0.15) is 17.4 Å². The summed E-state index contributed by atoms with van der Waals surface area (Å²) >= 11 is 0. The average molecular weight is 275 g/mol. The molecule has 0 saturated carbocycles. The third kappa shape index (κ3) is 2.45. The van der Waals surface area contributed by atoms with Crippen LogP contribution in [0.25, 0.3) is 4.85 Å². The number of benzene rings is 1. The molecule has 1 aromatic carbocycles. The molecule has 0 unspecified atom stereocenters. The van der Waals surface area contributed by atoms with Gasteiger partial charge in [0.2, 0.25) is 0 Å². The molecule has 3 rings (SSSR count). The molecule has 0 bridgehead atoms. The van der Waals surface area contributed by atoms with Crippen LogP contribution >= 0.6 is 0 Å². The van der Waals surface area contributed by atoms with Crippen molar-refractivity contribution in [2.24, 2.45) is 0 Å². The highest BCUT2D eigenvalue weighted by molar-refractivity contribution is 6.67. The van der Waals surface area contributed by atoms with Crippen LogP contribution < -0.4 is 10.2 Å². The lowest BCUT2D eigenvalue weighted by atomic mass is 9.64. The van der Waals surface area contributed by atoms with Crippen molar-refractivity contribution in [3.63, 3.8) is 0 Å². The number of pyridine rings is 1. The van der Waals surface area contributed by atoms with Crippen molar-refractivity contribution in [2.75, 3.05) is 0 Å². The zero-order chi connectivity index (χ0) is 14.8. The second-order valence-electron chi connectivity index (χ2n) is 4.66. The molecule has 0 atom stereocenters. The molecule has 0 saturated heterocycles. The number of rotatable bonds is 2. The van der Waals surface area contributed by atoms with E-state index in [2.05, 4.69) is 9.83 Å². The normalized spacial score (nSPS) is 12.4. The van der Waals surface area contributed by atoms with Crippen molar-refractivity contribution in [2.45, 2.75) is 13.4 Å². The number of ether oxygens (including phenoxy) is 1. The van der Waals surface area contributed by atoms with Crippen LogP contribution in [0, 0.1) is 17.9 Å². The van der Waals surface area contributed by atoms with Gasteiger partial charge in [-0.15, -0.1) is 0 Å². The maximum absolute atomic E-state index is 9.08. The molecule has 0 aliphatic carbocycles. The molecule has 100 valence electrons. The van der Waals surface area contributed by atoms with Crippen molar-refractivity contribution in [3.05, 3.63) is 52.9 Å². The van der Waals surface area contributed by atoms with E-state index in [0.717, 1.165) is 11.0 Å². The molecule has 21 heavy (non-hydrogen) atoms. The third-order valence-electron chi connectivity index (χ3n) is 3.34.